The Hall–Kier alpha value is -1.42. The van der Waals surface area contributed by atoms with E-state index in [4.69, 9.17) is 22.1 Å². The molecule has 2 rings (SSSR count). The first-order chi connectivity index (χ1) is 10.1. The summed E-state index contributed by atoms with van der Waals surface area (Å²) in [4.78, 5) is 14.3. The highest BCUT2D eigenvalue weighted by Crippen LogP contribution is 2.37. The summed E-state index contributed by atoms with van der Waals surface area (Å²) in [5, 5.41) is 0.517. The van der Waals surface area contributed by atoms with E-state index >= 15 is 0 Å². The predicted octanol–water partition coefficient (Wildman–Crippen LogP) is 3.87. The molecule has 1 aliphatic carbocycles. The first kappa shape index (κ1) is 16.0. The molecule has 1 aromatic carbocycles. The summed E-state index contributed by atoms with van der Waals surface area (Å²) in [6.07, 6.45) is 6.00. The molecule has 0 radical (unpaired) electrons. The Morgan fingerprint density at radius 2 is 2.05 bits per heavy atom. The number of rotatable bonds is 4. The number of ether oxygens (including phenoxy) is 1. The molecule has 2 N–H and O–H groups in total. The van der Waals surface area contributed by atoms with Crippen molar-refractivity contribution in [3.63, 3.8) is 0 Å². The number of nitrogen functional groups attached to an aromatic ring is 1. The van der Waals surface area contributed by atoms with E-state index in [2.05, 4.69) is 11.8 Å². The molecule has 1 fully saturated rings. The summed E-state index contributed by atoms with van der Waals surface area (Å²) in [6.45, 7) is 2.89. The molecule has 1 aliphatic rings. The maximum absolute atomic E-state index is 12.1. The third-order valence-electron chi connectivity index (χ3n) is 4.13. The molecule has 116 valence electrons. The largest absolute Gasteiger partial charge is 0.465 e. The zero-order valence-corrected chi connectivity index (χ0v) is 13.4. The third-order valence-corrected chi connectivity index (χ3v) is 4.42. The quantitative estimate of drug-likeness (QED) is 0.677. The zero-order valence-electron chi connectivity index (χ0n) is 12.7. The number of halogens is 1. The van der Waals surface area contributed by atoms with E-state index in [1.165, 1.54) is 26.4 Å². The number of anilines is 2. The summed E-state index contributed by atoms with van der Waals surface area (Å²) in [5.74, 6) is -0.395. The number of benzene rings is 1. The SMILES string of the molecule is CCN(c1c(Cl)cc(N)cc1C(=O)OC)C1CCCCC1. The fraction of sp³-hybridized carbons (Fsp3) is 0.562. The number of esters is 1. The van der Waals surface area contributed by atoms with Gasteiger partial charge in [0.1, 0.15) is 0 Å². The van der Waals surface area contributed by atoms with Crippen molar-refractivity contribution in [2.24, 2.45) is 0 Å². The molecule has 0 aliphatic heterocycles. The lowest BCUT2D eigenvalue weighted by Gasteiger charge is -2.36. The van der Waals surface area contributed by atoms with E-state index in [1.54, 1.807) is 12.1 Å². The van der Waals surface area contributed by atoms with Crippen LogP contribution in [0.5, 0.6) is 0 Å². The van der Waals surface area contributed by atoms with Crippen molar-refractivity contribution in [1.82, 2.24) is 0 Å². The molecule has 1 saturated carbocycles. The summed E-state index contributed by atoms with van der Waals surface area (Å²) in [7, 11) is 1.38. The molecule has 0 bridgehead atoms. The Labute approximate surface area is 131 Å². The summed E-state index contributed by atoms with van der Waals surface area (Å²) in [5.41, 5.74) is 7.52. The Morgan fingerprint density at radius 1 is 1.38 bits per heavy atom. The van der Waals surface area contributed by atoms with Crippen LogP contribution < -0.4 is 10.6 Å². The summed E-state index contributed by atoms with van der Waals surface area (Å²) in [6, 6.07) is 3.78. The van der Waals surface area contributed by atoms with Crippen LogP contribution in [0.25, 0.3) is 0 Å². The highest BCUT2D eigenvalue weighted by Gasteiger charge is 2.26. The zero-order chi connectivity index (χ0) is 15.4. The molecule has 0 saturated heterocycles. The van der Waals surface area contributed by atoms with E-state index in [1.807, 2.05) is 0 Å². The van der Waals surface area contributed by atoms with Crippen molar-refractivity contribution >= 4 is 28.9 Å². The van der Waals surface area contributed by atoms with Crippen LogP contribution in [0.2, 0.25) is 5.02 Å². The average molecular weight is 311 g/mol. The second-order valence-electron chi connectivity index (χ2n) is 5.47. The smallest absolute Gasteiger partial charge is 0.340 e. The fourth-order valence-electron chi connectivity index (χ4n) is 3.17. The van der Waals surface area contributed by atoms with Gasteiger partial charge in [-0.3, -0.25) is 0 Å². The van der Waals surface area contributed by atoms with Gasteiger partial charge < -0.3 is 15.4 Å². The topological polar surface area (TPSA) is 55.6 Å². The Kier molecular flexibility index (Phi) is 5.34. The van der Waals surface area contributed by atoms with Crippen LogP contribution in [-0.4, -0.2) is 25.7 Å². The van der Waals surface area contributed by atoms with Crippen LogP contribution in [0.3, 0.4) is 0 Å². The van der Waals surface area contributed by atoms with Gasteiger partial charge in [-0.05, 0) is 31.9 Å². The molecule has 0 heterocycles. The maximum atomic E-state index is 12.1. The highest BCUT2D eigenvalue weighted by molar-refractivity contribution is 6.34. The van der Waals surface area contributed by atoms with Crippen LogP contribution in [0.15, 0.2) is 12.1 Å². The molecule has 4 nitrogen and oxygen atoms in total. The molecule has 21 heavy (non-hydrogen) atoms. The maximum Gasteiger partial charge on any atom is 0.340 e. The molecule has 0 unspecified atom stereocenters. The van der Waals surface area contributed by atoms with E-state index in [0.717, 1.165) is 25.1 Å². The highest BCUT2D eigenvalue weighted by atomic mass is 35.5. The van der Waals surface area contributed by atoms with Gasteiger partial charge in [0.2, 0.25) is 0 Å². The normalized spacial score (nSPS) is 15.8. The molecule has 0 aromatic heterocycles. The molecular formula is C16H23ClN2O2. The van der Waals surface area contributed by atoms with Gasteiger partial charge in [0.25, 0.3) is 0 Å². The number of hydrogen-bond acceptors (Lipinski definition) is 4. The number of nitrogens with two attached hydrogens (primary N) is 1. The van der Waals surface area contributed by atoms with Crippen molar-refractivity contribution in [1.29, 1.82) is 0 Å². The van der Waals surface area contributed by atoms with Gasteiger partial charge in [-0.25, -0.2) is 4.79 Å². The van der Waals surface area contributed by atoms with E-state index in [0.29, 0.717) is 22.3 Å². The fourth-order valence-corrected chi connectivity index (χ4v) is 3.51. The van der Waals surface area contributed by atoms with Gasteiger partial charge >= 0.3 is 5.97 Å². The van der Waals surface area contributed by atoms with Gasteiger partial charge in [0.15, 0.2) is 0 Å². The van der Waals surface area contributed by atoms with Crippen molar-refractivity contribution in [3.8, 4) is 0 Å². The number of carbonyl (C=O) groups is 1. The Morgan fingerprint density at radius 3 is 2.62 bits per heavy atom. The van der Waals surface area contributed by atoms with Crippen LogP contribution in [0, 0.1) is 0 Å². The number of hydrogen-bond donors (Lipinski definition) is 1. The summed E-state index contributed by atoms with van der Waals surface area (Å²) >= 11 is 6.40. The van der Waals surface area contributed by atoms with Crippen LogP contribution >= 0.6 is 11.6 Å². The van der Waals surface area contributed by atoms with Crippen molar-refractivity contribution in [3.05, 3.63) is 22.7 Å². The van der Waals surface area contributed by atoms with Gasteiger partial charge in [-0.2, -0.15) is 0 Å². The second kappa shape index (κ2) is 7.03. The molecule has 0 spiro atoms. The van der Waals surface area contributed by atoms with Crippen molar-refractivity contribution < 1.29 is 9.53 Å². The Balaban J connectivity index is 2.45. The average Bonchev–Trinajstić information content (AvgIpc) is 2.50. The lowest BCUT2D eigenvalue weighted by Crippen LogP contribution is -2.38. The van der Waals surface area contributed by atoms with Crippen molar-refractivity contribution in [2.45, 2.75) is 45.1 Å². The number of methoxy groups -OCH3 is 1. The van der Waals surface area contributed by atoms with E-state index in [-0.39, 0.29) is 0 Å². The molecule has 0 atom stereocenters. The molecular weight excluding hydrogens is 288 g/mol. The lowest BCUT2D eigenvalue weighted by atomic mass is 9.93. The second-order valence-corrected chi connectivity index (χ2v) is 5.88. The monoisotopic (exact) mass is 310 g/mol. The minimum atomic E-state index is -0.395. The standard InChI is InChI=1S/C16H23ClN2O2/c1-3-19(12-7-5-4-6-8-12)15-13(16(20)21-2)9-11(18)10-14(15)17/h9-10,12H,3-8,18H2,1-2H3. The molecule has 1 aromatic rings. The van der Waals surface area contributed by atoms with Gasteiger partial charge in [0, 0.05) is 18.3 Å². The minimum absolute atomic E-state index is 0.395. The third kappa shape index (κ3) is 3.43. The van der Waals surface area contributed by atoms with E-state index in [9.17, 15) is 4.79 Å². The van der Waals surface area contributed by atoms with Gasteiger partial charge in [-0.1, -0.05) is 30.9 Å². The first-order valence-corrected chi connectivity index (χ1v) is 7.90. The number of nitrogens with zero attached hydrogens (tertiary/aromatic N) is 1. The summed E-state index contributed by atoms with van der Waals surface area (Å²) < 4.78 is 4.89. The van der Waals surface area contributed by atoms with Crippen molar-refractivity contribution in [2.75, 3.05) is 24.3 Å². The van der Waals surface area contributed by atoms with Gasteiger partial charge in [-0.15, -0.1) is 0 Å². The Bertz CT molecular complexity index is 513. The lowest BCUT2D eigenvalue weighted by molar-refractivity contribution is 0.0601. The first-order valence-electron chi connectivity index (χ1n) is 7.52. The van der Waals surface area contributed by atoms with Crippen LogP contribution in [0.4, 0.5) is 11.4 Å². The van der Waals surface area contributed by atoms with Crippen LogP contribution in [0.1, 0.15) is 49.4 Å². The minimum Gasteiger partial charge on any atom is -0.465 e. The van der Waals surface area contributed by atoms with Crippen LogP contribution in [-0.2, 0) is 4.74 Å². The van der Waals surface area contributed by atoms with E-state index < -0.39 is 5.97 Å². The molecule has 0 amide bonds. The van der Waals surface area contributed by atoms with Gasteiger partial charge in [0.05, 0.1) is 23.4 Å². The molecule has 5 heteroatoms. The predicted molar refractivity (Wildman–Crippen MR) is 87.1 cm³/mol. The number of carbonyl (C=O) groups excluding carboxylic acids is 1.